The van der Waals surface area contributed by atoms with E-state index in [0.717, 1.165) is 11.0 Å². The predicted octanol–water partition coefficient (Wildman–Crippen LogP) is 3.65. The predicted molar refractivity (Wildman–Crippen MR) is 88.6 cm³/mol. The standard InChI is InChI=1S/C15H12ClN3O2S/c16-9-5-6-13(20)12(7-9)17-14(21)8-22-15-18-10-3-1-2-4-11(10)19-15/h1-7,20H,8H2,(H,17,21)(H,18,19). The summed E-state index contributed by atoms with van der Waals surface area (Å²) in [4.78, 5) is 19.5. The fraction of sp³-hybridized carbons (Fsp3) is 0.0667. The smallest absolute Gasteiger partial charge is 0.234 e. The number of aromatic nitrogens is 2. The molecule has 1 heterocycles. The van der Waals surface area contributed by atoms with Gasteiger partial charge in [0.15, 0.2) is 5.16 Å². The summed E-state index contributed by atoms with van der Waals surface area (Å²) in [5.41, 5.74) is 2.08. The number of H-pyrrole nitrogens is 1. The number of rotatable bonds is 4. The summed E-state index contributed by atoms with van der Waals surface area (Å²) < 4.78 is 0. The number of phenolic OH excluding ortho intramolecular Hbond substituents is 1. The van der Waals surface area contributed by atoms with Gasteiger partial charge in [0.1, 0.15) is 5.75 Å². The van der Waals surface area contributed by atoms with E-state index in [9.17, 15) is 9.90 Å². The number of hydrogen-bond acceptors (Lipinski definition) is 4. The topological polar surface area (TPSA) is 78.0 Å². The van der Waals surface area contributed by atoms with Crippen molar-refractivity contribution in [3.63, 3.8) is 0 Å². The number of amides is 1. The molecule has 0 bridgehead atoms. The van der Waals surface area contributed by atoms with Crippen LogP contribution in [0.3, 0.4) is 0 Å². The Hall–Kier alpha value is -2.18. The minimum atomic E-state index is -0.247. The Morgan fingerprint density at radius 1 is 1.32 bits per heavy atom. The van der Waals surface area contributed by atoms with Crippen molar-refractivity contribution in [2.75, 3.05) is 11.1 Å². The fourth-order valence-electron chi connectivity index (χ4n) is 1.93. The molecular formula is C15H12ClN3O2S. The molecule has 3 rings (SSSR count). The highest BCUT2D eigenvalue weighted by Gasteiger charge is 2.09. The number of fused-ring (bicyclic) bond motifs is 1. The van der Waals surface area contributed by atoms with Gasteiger partial charge in [-0.1, -0.05) is 35.5 Å². The molecule has 0 aliphatic rings. The molecule has 0 radical (unpaired) electrons. The van der Waals surface area contributed by atoms with Crippen LogP contribution in [0, 0.1) is 0 Å². The molecule has 22 heavy (non-hydrogen) atoms. The Morgan fingerprint density at radius 3 is 2.95 bits per heavy atom. The summed E-state index contributed by atoms with van der Waals surface area (Å²) in [6, 6.07) is 12.1. The Kier molecular flexibility index (Phi) is 4.22. The Bertz CT molecular complexity index is 802. The number of benzene rings is 2. The number of aromatic amines is 1. The van der Waals surface area contributed by atoms with Gasteiger partial charge in [-0.15, -0.1) is 0 Å². The van der Waals surface area contributed by atoms with Gasteiger partial charge in [0.05, 0.1) is 22.5 Å². The van der Waals surface area contributed by atoms with Crippen LogP contribution in [0.1, 0.15) is 0 Å². The molecule has 0 saturated heterocycles. The second kappa shape index (κ2) is 6.29. The second-order valence-corrected chi connectivity index (χ2v) is 5.96. The van der Waals surface area contributed by atoms with Crippen LogP contribution in [0.2, 0.25) is 5.02 Å². The fourth-order valence-corrected chi connectivity index (χ4v) is 2.78. The number of anilines is 1. The summed E-state index contributed by atoms with van der Waals surface area (Å²) in [6.45, 7) is 0. The van der Waals surface area contributed by atoms with Crippen LogP contribution in [-0.2, 0) is 4.79 Å². The number of carbonyl (C=O) groups excluding carboxylic acids is 1. The van der Waals surface area contributed by atoms with Gasteiger partial charge in [0, 0.05) is 5.02 Å². The lowest BCUT2D eigenvalue weighted by Gasteiger charge is -2.06. The maximum atomic E-state index is 11.9. The van der Waals surface area contributed by atoms with E-state index >= 15 is 0 Å². The molecule has 5 nitrogen and oxygen atoms in total. The van der Waals surface area contributed by atoms with E-state index in [1.54, 1.807) is 6.07 Å². The second-order valence-electron chi connectivity index (χ2n) is 4.56. The number of phenols is 1. The highest BCUT2D eigenvalue weighted by atomic mass is 35.5. The number of halogens is 1. The van der Waals surface area contributed by atoms with Crippen LogP contribution in [0.25, 0.3) is 11.0 Å². The zero-order valence-electron chi connectivity index (χ0n) is 11.3. The minimum Gasteiger partial charge on any atom is -0.506 e. The molecule has 1 amide bonds. The van der Waals surface area contributed by atoms with Crippen LogP contribution >= 0.6 is 23.4 Å². The molecule has 0 unspecified atom stereocenters. The summed E-state index contributed by atoms with van der Waals surface area (Å²) in [7, 11) is 0. The highest BCUT2D eigenvalue weighted by Crippen LogP contribution is 2.27. The third-order valence-corrected chi connectivity index (χ3v) is 4.05. The highest BCUT2D eigenvalue weighted by molar-refractivity contribution is 7.99. The Labute approximate surface area is 135 Å². The molecule has 0 saturated carbocycles. The van der Waals surface area contributed by atoms with Crippen molar-refractivity contribution >= 4 is 46.0 Å². The molecule has 2 aromatic carbocycles. The molecule has 0 spiro atoms. The SMILES string of the molecule is O=C(CSc1nc2ccccc2[nH]1)Nc1cc(Cl)ccc1O. The van der Waals surface area contributed by atoms with E-state index in [1.165, 1.54) is 23.9 Å². The maximum absolute atomic E-state index is 11.9. The van der Waals surface area contributed by atoms with Crippen molar-refractivity contribution in [2.45, 2.75) is 5.16 Å². The van der Waals surface area contributed by atoms with E-state index in [1.807, 2.05) is 24.3 Å². The molecule has 0 fully saturated rings. The largest absolute Gasteiger partial charge is 0.506 e. The van der Waals surface area contributed by atoms with E-state index in [0.29, 0.717) is 15.9 Å². The lowest BCUT2D eigenvalue weighted by Crippen LogP contribution is -2.14. The van der Waals surface area contributed by atoms with Gasteiger partial charge in [0.2, 0.25) is 5.91 Å². The average molecular weight is 334 g/mol. The van der Waals surface area contributed by atoms with E-state index in [4.69, 9.17) is 11.6 Å². The van der Waals surface area contributed by atoms with Crippen molar-refractivity contribution < 1.29 is 9.90 Å². The number of para-hydroxylation sites is 2. The summed E-state index contributed by atoms with van der Waals surface area (Å²) in [6.07, 6.45) is 0. The zero-order valence-corrected chi connectivity index (χ0v) is 12.9. The van der Waals surface area contributed by atoms with Crippen LogP contribution in [0.4, 0.5) is 5.69 Å². The quantitative estimate of drug-likeness (QED) is 0.503. The van der Waals surface area contributed by atoms with E-state index in [-0.39, 0.29) is 17.4 Å². The van der Waals surface area contributed by atoms with Gasteiger partial charge in [-0.3, -0.25) is 4.79 Å². The number of imidazole rings is 1. The molecular weight excluding hydrogens is 322 g/mol. The van der Waals surface area contributed by atoms with Crippen molar-refractivity contribution in [1.82, 2.24) is 9.97 Å². The van der Waals surface area contributed by atoms with Gasteiger partial charge in [-0.05, 0) is 30.3 Å². The minimum absolute atomic E-state index is 0.0218. The van der Waals surface area contributed by atoms with Gasteiger partial charge in [-0.2, -0.15) is 0 Å². The van der Waals surface area contributed by atoms with Crippen LogP contribution in [-0.4, -0.2) is 26.7 Å². The molecule has 0 aliphatic carbocycles. The van der Waals surface area contributed by atoms with E-state index < -0.39 is 0 Å². The van der Waals surface area contributed by atoms with E-state index in [2.05, 4.69) is 15.3 Å². The zero-order chi connectivity index (χ0) is 15.5. The Morgan fingerprint density at radius 2 is 2.14 bits per heavy atom. The maximum Gasteiger partial charge on any atom is 0.234 e. The first-order valence-electron chi connectivity index (χ1n) is 6.48. The number of nitrogens with one attached hydrogen (secondary N) is 2. The molecule has 112 valence electrons. The van der Waals surface area contributed by atoms with Crippen LogP contribution in [0.15, 0.2) is 47.6 Å². The van der Waals surface area contributed by atoms with Crippen molar-refractivity contribution in [2.24, 2.45) is 0 Å². The first-order chi connectivity index (χ1) is 10.6. The first-order valence-corrected chi connectivity index (χ1v) is 7.84. The van der Waals surface area contributed by atoms with Gasteiger partial charge >= 0.3 is 0 Å². The number of thioether (sulfide) groups is 1. The number of aromatic hydroxyl groups is 1. The van der Waals surface area contributed by atoms with Crippen molar-refractivity contribution in [3.8, 4) is 5.75 Å². The molecule has 0 aliphatic heterocycles. The van der Waals surface area contributed by atoms with Crippen LogP contribution < -0.4 is 5.32 Å². The normalized spacial score (nSPS) is 10.8. The molecule has 7 heteroatoms. The third kappa shape index (κ3) is 3.35. The van der Waals surface area contributed by atoms with Gasteiger partial charge < -0.3 is 15.4 Å². The third-order valence-electron chi connectivity index (χ3n) is 2.94. The number of nitrogens with zero attached hydrogens (tertiary/aromatic N) is 1. The summed E-state index contributed by atoms with van der Waals surface area (Å²) >= 11 is 7.13. The molecule has 0 atom stereocenters. The Balaban J connectivity index is 1.63. The van der Waals surface area contributed by atoms with Crippen molar-refractivity contribution in [3.05, 3.63) is 47.5 Å². The number of hydrogen-bond donors (Lipinski definition) is 3. The molecule has 3 aromatic rings. The first kappa shape index (κ1) is 14.7. The van der Waals surface area contributed by atoms with Crippen molar-refractivity contribution in [1.29, 1.82) is 0 Å². The monoisotopic (exact) mass is 333 g/mol. The summed E-state index contributed by atoms with van der Waals surface area (Å²) in [5, 5.41) is 13.4. The lowest BCUT2D eigenvalue weighted by atomic mass is 10.3. The van der Waals surface area contributed by atoms with Crippen LogP contribution in [0.5, 0.6) is 5.75 Å². The average Bonchev–Trinajstić information content (AvgIpc) is 2.92. The molecule has 1 aromatic heterocycles. The lowest BCUT2D eigenvalue weighted by molar-refractivity contribution is -0.113. The van der Waals surface area contributed by atoms with Gasteiger partial charge in [0.25, 0.3) is 0 Å². The summed E-state index contributed by atoms with van der Waals surface area (Å²) in [5.74, 6) is -0.0966. The van der Waals surface area contributed by atoms with Gasteiger partial charge in [-0.25, -0.2) is 4.98 Å². The molecule has 3 N–H and O–H groups in total. The number of carbonyl (C=O) groups is 1.